The third-order valence-electron chi connectivity index (χ3n) is 3.69. The normalized spacial score (nSPS) is 11.2. The highest BCUT2D eigenvalue weighted by atomic mass is 16.3. The van der Waals surface area contributed by atoms with Crippen LogP contribution < -0.4 is 5.43 Å². The van der Waals surface area contributed by atoms with Gasteiger partial charge in [0.25, 0.3) is 0 Å². The summed E-state index contributed by atoms with van der Waals surface area (Å²) in [6.07, 6.45) is 1.36. The van der Waals surface area contributed by atoms with Crippen molar-refractivity contribution in [3.8, 4) is 11.5 Å². The molecule has 0 saturated heterocycles. The third kappa shape index (κ3) is 2.81. The first-order valence-corrected chi connectivity index (χ1v) is 7.31. The highest BCUT2D eigenvalue weighted by Crippen LogP contribution is 2.32. The van der Waals surface area contributed by atoms with Gasteiger partial charge in [-0.2, -0.15) is 5.10 Å². The number of amides is 1. The van der Waals surface area contributed by atoms with Gasteiger partial charge in [0.1, 0.15) is 17.1 Å². The quantitative estimate of drug-likeness (QED) is 0.509. The summed E-state index contributed by atoms with van der Waals surface area (Å²) in [7, 11) is 0. The van der Waals surface area contributed by atoms with Crippen molar-refractivity contribution < 1.29 is 19.4 Å². The second kappa shape index (κ2) is 6.08. The van der Waals surface area contributed by atoms with Crippen LogP contribution in [0.4, 0.5) is 0 Å². The molecule has 122 valence electrons. The second-order valence-electron chi connectivity index (χ2n) is 5.47. The van der Waals surface area contributed by atoms with Crippen LogP contribution in [0.15, 0.2) is 45.9 Å². The van der Waals surface area contributed by atoms with Crippen LogP contribution in [0.2, 0.25) is 0 Å². The maximum absolute atomic E-state index is 12.2. The molecule has 3 rings (SSSR count). The summed E-state index contributed by atoms with van der Waals surface area (Å²) in [6.45, 7) is 3.58. The number of nitrogens with zero attached hydrogens (tertiary/aromatic N) is 1. The van der Waals surface area contributed by atoms with Crippen LogP contribution in [0.1, 0.15) is 27.2 Å². The van der Waals surface area contributed by atoms with Crippen molar-refractivity contribution in [2.75, 3.05) is 0 Å². The van der Waals surface area contributed by atoms with Gasteiger partial charge in [-0.1, -0.05) is 17.7 Å². The Hall–Kier alpha value is -3.28. The average Bonchev–Trinajstić information content (AvgIpc) is 2.89. The van der Waals surface area contributed by atoms with Gasteiger partial charge in [0.05, 0.1) is 11.6 Å². The molecule has 6 heteroatoms. The topological polar surface area (TPSA) is 95.1 Å². The van der Waals surface area contributed by atoms with Crippen LogP contribution in [0.5, 0.6) is 11.5 Å². The van der Waals surface area contributed by atoms with E-state index in [1.807, 2.05) is 6.92 Å². The monoisotopic (exact) mass is 324 g/mol. The van der Waals surface area contributed by atoms with Gasteiger partial charge in [0.2, 0.25) is 0 Å². The smallest absolute Gasteiger partial charge is 0.307 e. The van der Waals surface area contributed by atoms with Gasteiger partial charge >= 0.3 is 5.91 Å². The fraction of sp³-hybridized carbons (Fsp3) is 0.111. The lowest BCUT2D eigenvalue weighted by molar-refractivity contribution is 0.0929. The number of carbonyl (C=O) groups excluding carboxylic acids is 1. The van der Waals surface area contributed by atoms with Gasteiger partial charge in [-0.15, -0.1) is 0 Å². The molecule has 0 aliphatic carbocycles. The van der Waals surface area contributed by atoms with Crippen LogP contribution in [0, 0.1) is 13.8 Å². The van der Waals surface area contributed by atoms with Gasteiger partial charge in [-0.25, -0.2) is 5.43 Å². The minimum Gasteiger partial charge on any atom is -0.507 e. The van der Waals surface area contributed by atoms with E-state index in [-0.39, 0.29) is 17.3 Å². The Morgan fingerprint density at radius 2 is 1.96 bits per heavy atom. The number of fused-ring (bicyclic) bond motifs is 1. The Balaban J connectivity index is 1.83. The molecular weight excluding hydrogens is 308 g/mol. The van der Waals surface area contributed by atoms with Gasteiger partial charge < -0.3 is 14.6 Å². The second-order valence-corrected chi connectivity index (χ2v) is 5.47. The highest BCUT2D eigenvalue weighted by molar-refractivity contribution is 6.01. The zero-order chi connectivity index (χ0) is 17.3. The molecule has 0 spiro atoms. The summed E-state index contributed by atoms with van der Waals surface area (Å²) >= 11 is 0. The molecule has 1 heterocycles. The van der Waals surface area contributed by atoms with Gasteiger partial charge in [0.15, 0.2) is 5.76 Å². The molecule has 1 amide bonds. The van der Waals surface area contributed by atoms with Crippen molar-refractivity contribution in [3.63, 3.8) is 0 Å². The molecule has 3 N–H and O–H groups in total. The molecule has 24 heavy (non-hydrogen) atoms. The lowest BCUT2D eigenvalue weighted by Gasteiger charge is -2.00. The number of nitrogens with one attached hydrogen (secondary N) is 1. The van der Waals surface area contributed by atoms with Gasteiger partial charge in [-0.05, 0) is 38.1 Å². The number of phenols is 2. The molecule has 0 radical (unpaired) electrons. The molecule has 0 aliphatic heterocycles. The zero-order valence-corrected chi connectivity index (χ0v) is 13.2. The molecule has 0 fully saturated rings. The maximum Gasteiger partial charge on any atom is 0.307 e. The number of rotatable bonds is 3. The molecule has 0 aliphatic rings. The van der Waals surface area contributed by atoms with Crippen molar-refractivity contribution in [2.45, 2.75) is 13.8 Å². The first-order valence-electron chi connectivity index (χ1n) is 7.31. The summed E-state index contributed by atoms with van der Waals surface area (Å²) in [5, 5.41) is 24.0. The predicted molar refractivity (Wildman–Crippen MR) is 90.5 cm³/mol. The number of carbonyl (C=O) groups is 1. The molecule has 0 saturated carbocycles. The SMILES string of the molecule is Cc1ccc(O)c(/C=N\NC(=O)c2oc3cccc(O)c3c2C)c1. The first kappa shape index (κ1) is 15.6. The molecule has 2 aromatic carbocycles. The number of phenolic OH excluding ortho intramolecular Hbond substituents is 2. The number of furan rings is 1. The van der Waals surface area contributed by atoms with E-state index in [1.54, 1.807) is 37.3 Å². The number of aryl methyl sites for hydroxylation is 2. The zero-order valence-electron chi connectivity index (χ0n) is 13.2. The largest absolute Gasteiger partial charge is 0.507 e. The Kier molecular flexibility index (Phi) is 3.95. The van der Waals surface area contributed by atoms with Crippen LogP contribution in [-0.2, 0) is 0 Å². The van der Waals surface area contributed by atoms with Crippen LogP contribution in [-0.4, -0.2) is 22.3 Å². The standard InChI is InChI=1S/C18H16N2O4/c1-10-6-7-13(21)12(8-10)9-19-20-18(23)17-11(2)16-14(22)4-3-5-15(16)24-17/h3-9,21-22H,1-2H3,(H,20,23)/b19-9-. The summed E-state index contributed by atoms with van der Waals surface area (Å²) in [5.41, 5.74) is 4.78. The average molecular weight is 324 g/mol. The lowest BCUT2D eigenvalue weighted by Crippen LogP contribution is -2.17. The fourth-order valence-corrected chi connectivity index (χ4v) is 2.49. The number of hydrogen-bond acceptors (Lipinski definition) is 5. The summed E-state index contributed by atoms with van der Waals surface area (Å²) in [6, 6.07) is 9.93. The minimum absolute atomic E-state index is 0.0565. The fourth-order valence-electron chi connectivity index (χ4n) is 2.49. The van der Waals surface area contributed by atoms with E-state index in [0.717, 1.165) is 5.56 Å². The summed E-state index contributed by atoms with van der Waals surface area (Å²) in [5.74, 6) is -0.326. The van der Waals surface area contributed by atoms with Crippen molar-refractivity contribution in [1.29, 1.82) is 0 Å². The Morgan fingerprint density at radius 3 is 2.71 bits per heavy atom. The number of aromatic hydroxyl groups is 2. The predicted octanol–water partition coefficient (Wildman–Crippen LogP) is 3.22. The van der Waals surface area contributed by atoms with E-state index in [4.69, 9.17) is 4.42 Å². The summed E-state index contributed by atoms with van der Waals surface area (Å²) < 4.78 is 5.49. The number of benzene rings is 2. The first-order chi connectivity index (χ1) is 11.5. The van der Waals surface area contributed by atoms with E-state index >= 15 is 0 Å². The van der Waals surface area contributed by atoms with E-state index in [1.165, 1.54) is 12.3 Å². The molecule has 3 aromatic rings. The van der Waals surface area contributed by atoms with E-state index in [9.17, 15) is 15.0 Å². The van der Waals surface area contributed by atoms with Crippen molar-refractivity contribution in [3.05, 3.63) is 58.8 Å². The molecule has 0 bridgehead atoms. The maximum atomic E-state index is 12.2. The highest BCUT2D eigenvalue weighted by Gasteiger charge is 2.19. The van der Waals surface area contributed by atoms with Crippen molar-refractivity contribution in [1.82, 2.24) is 5.43 Å². The van der Waals surface area contributed by atoms with E-state index in [0.29, 0.717) is 22.1 Å². The molecule has 6 nitrogen and oxygen atoms in total. The molecule has 0 unspecified atom stereocenters. The van der Waals surface area contributed by atoms with Gasteiger partial charge in [-0.3, -0.25) is 4.79 Å². The Morgan fingerprint density at radius 1 is 1.17 bits per heavy atom. The Bertz CT molecular complexity index is 957. The number of hydrogen-bond donors (Lipinski definition) is 3. The summed E-state index contributed by atoms with van der Waals surface area (Å²) in [4.78, 5) is 12.2. The van der Waals surface area contributed by atoms with Crippen LogP contribution in [0.25, 0.3) is 11.0 Å². The van der Waals surface area contributed by atoms with Crippen molar-refractivity contribution in [2.24, 2.45) is 5.10 Å². The van der Waals surface area contributed by atoms with E-state index in [2.05, 4.69) is 10.5 Å². The minimum atomic E-state index is -0.536. The van der Waals surface area contributed by atoms with Crippen LogP contribution in [0.3, 0.4) is 0 Å². The van der Waals surface area contributed by atoms with E-state index < -0.39 is 5.91 Å². The molecule has 0 atom stereocenters. The van der Waals surface area contributed by atoms with Crippen molar-refractivity contribution >= 4 is 23.1 Å². The van der Waals surface area contributed by atoms with Gasteiger partial charge in [0, 0.05) is 11.1 Å². The number of hydrazone groups is 1. The molecular formula is C18H16N2O4. The third-order valence-corrected chi connectivity index (χ3v) is 3.69. The van der Waals surface area contributed by atoms with Crippen LogP contribution >= 0.6 is 0 Å². The Labute approximate surface area is 138 Å². The molecule has 1 aromatic heterocycles. The lowest BCUT2D eigenvalue weighted by atomic mass is 10.1.